The van der Waals surface area contributed by atoms with Crippen LogP contribution in [0.1, 0.15) is 31.4 Å². The Bertz CT molecular complexity index is 660. The molecule has 2 aromatic rings. The van der Waals surface area contributed by atoms with Gasteiger partial charge in [0.25, 0.3) is 0 Å². The molecule has 0 saturated heterocycles. The summed E-state index contributed by atoms with van der Waals surface area (Å²) in [6, 6.07) is 9.94. The fourth-order valence-electron chi connectivity index (χ4n) is 3.30. The van der Waals surface area contributed by atoms with E-state index in [1.54, 1.807) is 6.26 Å². The van der Waals surface area contributed by atoms with Crippen LogP contribution in [0.5, 0.6) is 0 Å². The standard InChI is InChI=1S/C19H24N2O3/c1-21(17-9-7-14(12-22)8-10-17)18(23)11-16-13-24-19(20-16)15-5-3-2-4-6-15/h2-6,13-14,17,22H,7-12H2,1H3. The number of carbonyl (C=O) groups is 1. The molecule has 1 aliphatic rings. The van der Waals surface area contributed by atoms with E-state index in [4.69, 9.17) is 4.42 Å². The summed E-state index contributed by atoms with van der Waals surface area (Å²) >= 11 is 0. The molecule has 0 unspecified atom stereocenters. The van der Waals surface area contributed by atoms with Crippen LogP contribution in [-0.4, -0.2) is 40.6 Å². The minimum absolute atomic E-state index is 0.0651. The quantitative estimate of drug-likeness (QED) is 0.916. The number of aliphatic hydroxyl groups is 1. The molecule has 1 N–H and O–H groups in total. The van der Waals surface area contributed by atoms with E-state index >= 15 is 0 Å². The summed E-state index contributed by atoms with van der Waals surface area (Å²) in [5.41, 5.74) is 1.57. The normalized spacial score (nSPS) is 20.8. The number of amides is 1. The lowest BCUT2D eigenvalue weighted by Crippen LogP contribution is -2.40. The average Bonchev–Trinajstić information content (AvgIpc) is 3.10. The van der Waals surface area contributed by atoms with Crippen LogP contribution >= 0.6 is 0 Å². The van der Waals surface area contributed by atoms with Crippen molar-refractivity contribution in [3.63, 3.8) is 0 Å². The second kappa shape index (κ2) is 7.62. The van der Waals surface area contributed by atoms with E-state index in [1.165, 1.54) is 0 Å². The first kappa shape index (κ1) is 16.7. The lowest BCUT2D eigenvalue weighted by molar-refractivity contribution is -0.132. The second-order valence-corrected chi connectivity index (χ2v) is 6.55. The van der Waals surface area contributed by atoms with Crippen molar-refractivity contribution in [3.8, 4) is 11.5 Å². The molecular weight excluding hydrogens is 304 g/mol. The lowest BCUT2D eigenvalue weighted by atomic mass is 9.86. The molecule has 1 aromatic carbocycles. The molecule has 1 amide bonds. The van der Waals surface area contributed by atoms with E-state index < -0.39 is 0 Å². The fraction of sp³-hybridized carbons (Fsp3) is 0.474. The number of nitrogens with zero attached hydrogens (tertiary/aromatic N) is 2. The van der Waals surface area contributed by atoms with Gasteiger partial charge in [0.05, 0.1) is 12.1 Å². The topological polar surface area (TPSA) is 66.6 Å². The zero-order valence-electron chi connectivity index (χ0n) is 14.0. The third-order valence-corrected chi connectivity index (χ3v) is 4.92. The number of carbonyl (C=O) groups excluding carboxylic acids is 1. The molecule has 0 atom stereocenters. The first-order valence-electron chi connectivity index (χ1n) is 8.53. The Kier molecular flexibility index (Phi) is 5.30. The molecular formula is C19H24N2O3. The van der Waals surface area contributed by atoms with Crippen molar-refractivity contribution in [2.24, 2.45) is 5.92 Å². The molecule has 0 aliphatic heterocycles. The summed E-state index contributed by atoms with van der Waals surface area (Å²) in [7, 11) is 1.87. The Hall–Kier alpha value is -2.14. The van der Waals surface area contributed by atoms with Gasteiger partial charge >= 0.3 is 0 Å². The van der Waals surface area contributed by atoms with Crippen molar-refractivity contribution >= 4 is 5.91 Å². The van der Waals surface area contributed by atoms with E-state index in [0.717, 1.165) is 31.2 Å². The summed E-state index contributed by atoms with van der Waals surface area (Å²) in [5.74, 6) is 1.01. The highest BCUT2D eigenvalue weighted by Crippen LogP contribution is 2.27. The van der Waals surface area contributed by atoms with Crippen molar-refractivity contribution in [2.75, 3.05) is 13.7 Å². The van der Waals surface area contributed by atoms with Crippen molar-refractivity contribution < 1.29 is 14.3 Å². The highest BCUT2D eigenvalue weighted by atomic mass is 16.3. The van der Waals surface area contributed by atoms with Gasteiger partial charge in [-0.05, 0) is 43.7 Å². The maximum absolute atomic E-state index is 12.5. The third kappa shape index (κ3) is 3.85. The van der Waals surface area contributed by atoms with Gasteiger partial charge < -0.3 is 14.4 Å². The number of aliphatic hydroxyl groups excluding tert-OH is 1. The van der Waals surface area contributed by atoms with Crippen LogP contribution in [0.4, 0.5) is 0 Å². The molecule has 5 nitrogen and oxygen atoms in total. The Balaban J connectivity index is 1.58. The van der Waals surface area contributed by atoms with Gasteiger partial charge in [-0.25, -0.2) is 4.98 Å². The highest BCUT2D eigenvalue weighted by molar-refractivity contribution is 5.78. The molecule has 24 heavy (non-hydrogen) atoms. The number of rotatable bonds is 5. The Morgan fingerprint density at radius 3 is 2.62 bits per heavy atom. The van der Waals surface area contributed by atoms with Crippen LogP contribution in [0, 0.1) is 5.92 Å². The van der Waals surface area contributed by atoms with E-state index in [9.17, 15) is 9.90 Å². The second-order valence-electron chi connectivity index (χ2n) is 6.55. The van der Waals surface area contributed by atoms with Gasteiger partial charge in [-0.2, -0.15) is 0 Å². The monoisotopic (exact) mass is 328 g/mol. The van der Waals surface area contributed by atoms with E-state index in [0.29, 0.717) is 17.5 Å². The van der Waals surface area contributed by atoms with E-state index in [1.807, 2.05) is 42.3 Å². The molecule has 0 spiro atoms. The van der Waals surface area contributed by atoms with Crippen LogP contribution in [0.2, 0.25) is 0 Å². The Labute approximate surface area is 142 Å². The molecule has 3 rings (SSSR count). The van der Waals surface area contributed by atoms with E-state index in [-0.39, 0.29) is 25.0 Å². The first-order valence-corrected chi connectivity index (χ1v) is 8.53. The Morgan fingerprint density at radius 2 is 1.96 bits per heavy atom. The van der Waals surface area contributed by atoms with Gasteiger partial charge in [0.15, 0.2) is 0 Å². The maximum Gasteiger partial charge on any atom is 0.228 e. The van der Waals surface area contributed by atoms with Gasteiger partial charge in [-0.1, -0.05) is 18.2 Å². The van der Waals surface area contributed by atoms with Crippen LogP contribution in [0.3, 0.4) is 0 Å². The largest absolute Gasteiger partial charge is 0.444 e. The molecule has 0 radical (unpaired) electrons. The van der Waals surface area contributed by atoms with Crippen LogP contribution < -0.4 is 0 Å². The SMILES string of the molecule is CN(C(=O)Cc1coc(-c2ccccc2)n1)C1CCC(CO)CC1. The molecule has 1 aromatic heterocycles. The first-order chi connectivity index (χ1) is 11.7. The van der Waals surface area contributed by atoms with Crippen LogP contribution in [-0.2, 0) is 11.2 Å². The lowest BCUT2D eigenvalue weighted by Gasteiger charge is -2.34. The molecule has 1 saturated carbocycles. The number of oxazole rings is 1. The number of hydrogen-bond acceptors (Lipinski definition) is 4. The van der Waals surface area contributed by atoms with Gasteiger partial charge in [-0.3, -0.25) is 4.79 Å². The smallest absolute Gasteiger partial charge is 0.228 e. The maximum atomic E-state index is 12.5. The van der Waals surface area contributed by atoms with Crippen molar-refractivity contribution in [1.82, 2.24) is 9.88 Å². The number of likely N-dealkylation sites (N-methyl/N-ethyl adjacent to an activating group) is 1. The van der Waals surface area contributed by atoms with Crippen LogP contribution in [0.25, 0.3) is 11.5 Å². The third-order valence-electron chi connectivity index (χ3n) is 4.92. The number of hydrogen-bond donors (Lipinski definition) is 1. The van der Waals surface area contributed by atoms with E-state index in [2.05, 4.69) is 4.98 Å². The molecule has 0 bridgehead atoms. The Morgan fingerprint density at radius 1 is 1.25 bits per heavy atom. The zero-order valence-corrected chi connectivity index (χ0v) is 14.0. The van der Waals surface area contributed by atoms with Gasteiger partial charge in [0.2, 0.25) is 11.8 Å². The van der Waals surface area contributed by atoms with Gasteiger partial charge in [-0.15, -0.1) is 0 Å². The average molecular weight is 328 g/mol. The van der Waals surface area contributed by atoms with Crippen molar-refractivity contribution in [1.29, 1.82) is 0 Å². The van der Waals surface area contributed by atoms with Crippen LogP contribution in [0.15, 0.2) is 41.0 Å². The fourth-order valence-corrected chi connectivity index (χ4v) is 3.30. The zero-order chi connectivity index (χ0) is 16.9. The van der Waals surface area contributed by atoms with Gasteiger partial charge in [0, 0.05) is 25.3 Å². The summed E-state index contributed by atoms with van der Waals surface area (Å²) in [5, 5.41) is 9.22. The number of benzene rings is 1. The summed E-state index contributed by atoms with van der Waals surface area (Å²) in [6.45, 7) is 0.256. The number of aromatic nitrogens is 1. The summed E-state index contributed by atoms with van der Waals surface area (Å²) in [4.78, 5) is 18.8. The molecule has 128 valence electrons. The summed E-state index contributed by atoms with van der Waals surface area (Å²) in [6.07, 6.45) is 5.72. The molecule has 5 heteroatoms. The van der Waals surface area contributed by atoms with Gasteiger partial charge in [0.1, 0.15) is 6.26 Å². The predicted octanol–water partition coefficient (Wildman–Crippen LogP) is 2.89. The minimum atomic E-state index is 0.0651. The summed E-state index contributed by atoms with van der Waals surface area (Å²) < 4.78 is 5.50. The minimum Gasteiger partial charge on any atom is -0.444 e. The molecule has 1 aliphatic carbocycles. The molecule has 1 heterocycles. The van der Waals surface area contributed by atoms with Crippen molar-refractivity contribution in [3.05, 3.63) is 42.3 Å². The highest BCUT2D eigenvalue weighted by Gasteiger charge is 2.26. The van der Waals surface area contributed by atoms with Crippen molar-refractivity contribution in [2.45, 2.75) is 38.1 Å². The molecule has 1 fully saturated rings. The predicted molar refractivity (Wildman–Crippen MR) is 91.2 cm³/mol.